The van der Waals surface area contributed by atoms with Crippen LogP contribution in [0.5, 0.6) is 23.0 Å². The number of hydrogen-bond donors (Lipinski definition) is 1. The molecule has 0 atom stereocenters. The molecule has 0 radical (unpaired) electrons. The Morgan fingerprint density at radius 1 is 1.00 bits per heavy atom. The van der Waals surface area contributed by atoms with Crippen LogP contribution in [0.25, 0.3) is 6.08 Å². The second-order valence-corrected chi connectivity index (χ2v) is 8.25. The molecule has 0 spiro atoms. The zero-order valence-electron chi connectivity index (χ0n) is 19.6. The van der Waals surface area contributed by atoms with Crippen molar-refractivity contribution in [3.05, 3.63) is 81.8 Å². The monoisotopic (exact) mass is 536 g/mol. The second kappa shape index (κ2) is 12.5. The summed E-state index contributed by atoms with van der Waals surface area (Å²) >= 11 is 3.49. The maximum atomic E-state index is 12.6. The molecule has 1 amide bonds. The van der Waals surface area contributed by atoms with E-state index < -0.39 is 5.91 Å². The van der Waals surface area contributed by atoms with Gasteiger partial charge in [0.2, 0.25) is 0 Å². The Balaban J connectivity index is 1.68. The van der Waals surface area contributed by atoms with Gasteiger partial charge in [-0.15, -0.1) is 0 Å². The number of ether oxygens (including phenoxy) is 4. The van der Waals surface area contributed by atoms with Crippen LogP contribution in [0.2, 0.25) is 0 Å². The molecule has 8 heteroatoms. The number of nitrogens with one attached hydrogen (secondary N) is 1. The normalized spacial score (nSPS) is 10.8. The Hall–Kier alpha value is -3.96. The highest BCUT2D eigenvalue weighted by atomic mass is 79.9. The Labute approximate surface area is 213 Å². The topological polar surface area (TPSA) is 89.8 Å². The van der Waals surface area contributed by atoms with Crippen LogP contribution in [0.15, 0.2) is 70.7 Å². The van der Waals surface area contributed by atoms with Crippen molar-refractivity contribution in [2.75, 3.05) is 32.8 Å². The first-order valence-electron chi connectivity index (χ1n) is 10.7. The van der Waals surface area contributed by atoms with Gasteiger partial charge in [0.15, 0.2) is 11.5 Å². The van der Waals surface area contributed by atoms with Gasteiger partial charge in [0.25, 0.3) is 5.91 Å². The van der Waals surface area contributed by atoms with E-state index in [0.717, 1.165) is 5.56 Å². The molecular formula is C27H25BrN2O5. The number of halogens is 1. The zero-order chi connectivity index (χ0) is 25.2. The van der Waals surface area contributed by atoms with E-state index in [-0.39, 0.29) is 12.2 Å². The summed E-state index contributed by atoms with van der Waals surface area (Å²) in [5.41, 5.74) is 2.25. The van der Waals surface area contributed by atoms with E-state index in [1.165, 1.54) is 13.2 Å². The molecule has 1 N–H and O–H groups in total. The van der Waals surface area contributed by atoms with Crippen LogP contribution in [0.3, 0.4) is 0 Å². The number of carbonyl (C=O) groups is 1. The number of anilines is 1. The molecular weight excluding hydrogens is 512 g/mol. The van der Waals surface area contributed by atoms with Crippen molar-refractivity contribution in [3.63, 3.8) is 0 Å². The summed E-state index contributed by atoms with van der Waals surface area (Å²) in [6, 6.07) is 20.0. The van der Waals surface area contributed by atoms with Gasteiger partial charge >= 0.3 is 0 Å². The fourth-order valence-corrected chi connectivity index (χ4v) is 3.68. The first-order chi connectivity index (χ1) is 16.9. The molecule has 0 aliphatic heterocycles. The molecule has 180 valence electrons. The van der Waals surface area contributed by atoms with Crippen molar-refractivity contribution in [2.24, 2.45) is 0 Å². The van der Waals surface area contributed by atoms with Crippen molar-refractivity contribution in [1.82, 2.24) is 0 Å². The predicted molar refractivity (Wildman–Crippen MR) is 138 cm³/mol. The van der Waals surface area contributed by atoms with Crippen molar-refractivity contribution in [2.45, 2.75) is 6.92 Å². The van der Waals surface area contributed by atoms with Gasteiger partial charge in [-0.2, -0.15) is 5.26 Å². The molecule has 0 aromatic heterocycles. The van der Waals surface area contributed by atoms with Crippen LogP contribution in [-0.2, 0) is 4.79 Å². The third kappa shape index (κ3) is 7.26. The lowest BCUT2D eigenvalue weighted by atomic mass is 10.1. The Morgan fingerprint density at radius 2 is 1.71 bits per heavy atom. The second-order valence-electron chi connectivity index (χ2n) is 7.40. The number of hydrogen-bond acceptors (Lipinski definition) is 6. The van der Waals surface area contributed by atoms with Crippen molar-refractivity contribution < 1.29 is 23.7 Å². The van der Waals surface area contributed by atoms with Gasteiger partial charge in [0.1, 0.15) is 36.4 Å². The van der Waals surface area contributed by atoms with Gasteiger partial charge in [-0.1, -0.05) is 23.8 Å². The SMILES string of the molecule is COc1cccc(OCCOc2c(Br)cc(/C=C(\C#N)C(=O)Nc3ccc(C)cc3)cc2OC)c1. The van der Waals surface area contributed by atoms with Gasteiger partial charge in [0, 0.05) is 11.8 Å². The molecule has 0 saturated carbocycles. The first-order valence-corrected chi connectivity index (χ1v) is 11.5. The van der Waals surface area contributed by atoms with Crippen LogP contribution in [-0.4, -0.2) is 33.3 Å². The fraction of sp³-hybridized carbons (Fsp3) is 0.185. The van der Waals surface area contributed by atoms with E-state index in [0.29, 0.717) is 45.3 Å². The summed E-state index contributed by atoms with van der Waals surface area (Å²) in [6.45, 7) is 2.53. The summed E-state index contributed by atoms with van der Waals surface area (Å²) in [6.07, 6.45) is 1.49. The van der Waals surface area contributed by atoms with Crippen LogP contribution in [0, 0.1) is 18.3 Å². The quantitative estimate of drug-likeness (QED) is 0.200. The average Bonchev–Trinajstić information content (AvgIpc) is 2.87. The molecule has 35 heavy (non-hydrogen) atoms. The molecule has 0 aliphatic rings. The highest BCUT2D eigenvalue weighted by molar-refractivity contribution is 9.10. The lowest BCUT2D eigenvalue weighted by Gasteiger charge is -2.14. The highest BCUT2D eigenvalue weighted by Crippen LogP contribution is 2.37. The molecule has 0 bridgehead atoms. The largest absolute Gasteiger partial charge is 0.497 e. The predicted octanol–water partition coefficient (Wildman–Crippen LogP) is 5.78. The molecule has 0 heterocycles. The van der Waals surface area contributed by atoms with Crippen molar-refractivity contribution in [1.29, 1.82) is 5.26 Å². The maximum absolute atomic E-state index is 12.6. The summed E-state index contributed by atoms with van der Waals surface area (Å²) in [7, 11) is 3.12. The number of aryl methyl sites for hydroxylation is 1. The summed E-state index contributed by atoms with van der Waals surface area (Å²) in [4.78, 5) is 12.6. The minimum absolute atomic E-state index is 0.0418. The Kier molecular flexibility index (Phi) is 9.16. The molecule has 3 rings (SSSR count). The number of benzene rings is 3. The van der Waals surface area contributed by atoms with E-state index in [1.807, 2.05) is 43.3 Å². The number of nitriles is 1. The third-order valence-electron chi connectivity index (χ3n) is 4.88. The minimum atomic E-state index is -0.499. The fourth-order valence-electron chi connectivity index (χ4n) is 3.11. The molecule has 0 saturated heterocycles. The highest BCUT2D eigenvalue weighted by Gasteiger charge is 2.14. The minimum Gasteiger partial charge on any atom is -0.497 e. The third-order valence-corrected chi connectivity index (χ3v) is 5.47. The average molecular weight is 537 g/mol. The first kappa shape index (κ1) is 25.7. The number of nitrogens with zero attached hydrogens (tertiary/aromatic N) is 1. The molecule has 0 fully saturated rings. The van der Waals surface area contributed by atoms with E-state index in [9.17, 15) is 10.1 Å². The molecule has 3 aromatic rings. The van der Waals surface area contributed by atoms with Crippen LogP contribution >= 0.6 is 15.9 Å². The van der Waals surface area contributed by atoms with E-state index in [1.54, 1.807) is 37.4 Å². The van der Waals surface area contributed by atoms with E-state index >= 15 is 0 Å². The summed E-state index contributed by atoms with van der Waals surface area (Å²) in [5, 5.41) is 12.3. The van der Waals surface area contributed by atoms with Crippen LogP contribution in [0.1, 0.15) is 11.1 Å². The van der Waals surface area contributed by atoms with E-state index in [4.69, 9.17) is 18.9 Å². The Morgan fingerprint density at radius 3 is 2.40 bits per heavy atom. The number of rotatable bonds is 10. The van der Waals surface area contributed by atoms with Gasteiger partial charge in [-0.25, -0.2) is 0 Å². The maximum Gasteiger partial charge on any atom is 0.266 e. The van der Waals surface area contributed by atoms with Gasteiger partial charge in [-0.05, 0) is 70.9 Å². The summed E-state index contributed by atoms with van der Waals surface area (Å²) < 4.78 is 22.8. The zero-order valence-corrected chi connectivity index (χ0v) is 21.2. The smallest absolute Gasteiger partial charge is 0.266 e. The van der Waals surface area contributed by atoms with Gasteiger partial charge < -0.3 is 24.3 Å². The molecule has 0 aliphatic carbocycles. The number of amides is 1. The lowest BCUT2D eigenvalue weighted by molar-refractivity contribution is -0.112. The molecule has 0 unspecified atom stereocenters. The van der Waals surface area contributed by atoms with E-state index in [2.05, 4.69) is 21.2 Å². The van der Waals surface area contributed by atoms with Gasteiger partial charge in [-0.3, -0.25) is 4.79 Å². The molecule has 3 aromatic carbocycles. The Bertz CT molecular complexity index is 1250. The lowest BCUT2D eigenvalue weighted by Crippen LogP contribution is -2.13. The van der Waals surface area contributed by atoms with Crippen LogP contribution < -0.4 is 24.3 Å². The standard InChI is InChI=1S/C27H25BrN2O5/c1-18-7-9-21(10-8-18)30-27(31)20(17-29)13-19-14-24(28)26(25(15-19)33-3)35-12-11-34-23-6-4-5-22(16-23)32-2/h4-10,13-16H,11-12H2,1-3H3,(H,30,31)/b20-13+. The van der Waals surface area contributed by atoms with Gasteiger partial charge in [0.05, 0.1) is 18.7 Å². The van der Waals surface area contributed by atoms with Crippen molar-refractivity contribution in [3.8, 4) is 29.1 Å². The molecule has 7 nitrogen and oxygen atoms in total. The number of methoxy groups -OCH3 is 2. The van der Waals surface area contributed by atoms with Crippen LogP contribution in [0.4, 0.5) is 5.69 Å². The van der Waals surface area contributed by atoms with Crippen molar-refractivity contribution >= 4 is 33.6 Å². The summed E-state index contributed by atoms with van der Waals surface area (Å²) in [5.74, 6) is 1.82. The number of carbonyl (C=O) groups excluding carboxylic acids is 1.